The Morgan fingerprint density at radius 3 is 2.20 bits per heavy atom. The summed E-state index contributed by atoms with van der Waals surface area (Å²) in [7, 11) is 0. The Labute approximate surface area is 116 Å². The van der Waals surface area contributed by atoms with Crippen LogP contribution >= 0.6 is 0 Å². The van der Waals surface area contributed by atoms with Crippen LogP contribution in [0.25, 0.3) is 0 Å². The van der Waals surface area contributed by atoms with Gasteiger partial charge in [-0.05, 0) is 38.0 Å². The number of benzene rings is 1. The third-order valence-electron chi connectivity index (χ3n) is 2.59. The molecular weight excluding hydrogens is 267 g/mol. The topological polar surface area (TPSA) is 72.8 Å². The molecule has 0 unspecified atom stereocenters. The third-order valence-corrected chi connectivity index (χ3v) is 2.59. The molecule has 0 spiro atoms. The van der Waals surface area contributed by atoms with Crippen molar-refractivity contribution in [3.8, 4) is 5.75 Å². The summed E-state index contributed by atoms with van der Waals surface area (Å²) in [6, 6.07) is 3.67. The Morgan fingerprint density at radius 2 is 1.75 bits per heavy atom. The quantitative estimate of drug-likeness (QED) is 0.637. The van der Waals surface area contributed by atoms with Crippen molar-refractivity contribution in [1.29, 1.82) is 0 Å². The highest BCUT2D eigenvalue weighted by atomic mass is 19.1. The second kappa shape index (κ2) is 7.47. The maximum Gasteiger partial charge on any atom is 0.320 e. The van der Waals surface area contributed by atoms with E-state index >= 15 is 0 Å². The van der Waals surface area contributed by atoms with Gasteiger partial charge < -0.3 is 14.6 Å². The van der Waals surface area contributed by atoms with Crippen LogP contribution < -0.4 is 0 Å². The second-order valence-corrected chi connectivity index (χ2v) is 4.05. The minimum absolute atomic E-state index is 0.0468. The molecule has 110 valence electrons. The number of hydrogen-bond acceptors (Lipinski definition) is 5. The van der Waals surface area contributed by atoms with Gasteiger partial charge in [0.05, 0.1) is 13.2 Å². The van der Waals surface area contributed by atoms with Gasteiger partial charge in [0.1, 0.15) is 0 Å². The van der Waals surface area contributed by atoms with Crippen molar-refractivity contribution >= 4 is 11.9 Å². The Kier molecular flexibility index (Phi) is 5.96. The molecule has 0 aromatic heterocycles. The molecule has 0 heterocycles. The summed E-state index contributed by atoms with van der Waals surface area (Å²) in [5.41, 5.74) is 0.395. The maximum absolute atomic E-state index is 13.2. The monoisotopic (exact) mass is 284 g/mol. The van der Waals surface area contributed by atoms with Gasteiger partial charge in [0.25, 0.3) is 0 Å². The Balaban J connectivity index is 2.90. The van der Waals surface area contributed by atoms with E-state index in [-0.39, 0.29) is 19.6 Å². The van der Waals surface area contributed by atoms with Gasteiger partial charge in [0.15, 0.2) is 17.5 Å². The first kappa shape index (κ1) is 15.9. The average Bonchev–Trinajstić information content (AvgIpc) is 2.40. The fourth-order valence-electron chi connectivity index (χ4n) is 1.66. The first-order chi connectivity index (χ1) is 9.49. The van der Waals surface area contributed by atoms with Crippen LogP contribution in [0.5, 0.6) is 5.75 Å². The molecule has 0 aliphatic heterocycles. The molecule has 0 atom stereocenters. The first-order valence-corrected chi connectivity index (χ1v) is 6.30. The van der Waals surface area contributed by atoms with Crippen LogP contribution in [0.2, 0.25) is 0 Å². The number of aromatic hydroxyl groups is 1. The molecule has 1 aromatic carbocycles. The highest BCUT2D eigenvalue weighted by Gasteiger charge is 2.29. The van der Waals surface area contributed by atoms with Crippen molar-refractivity contribution in [3.05, 3.63) is 29.6 Å². The van der Waals surface area contributed by atoms with E-state index in [1.54, 1.807) is 13.8 Å². The lowest BCUT2D eigenvalue weighted by Crippen LogP contribution is -2.30. The van der Waals surface area contributed by atoms with Crippen molar-refractivity contribution in [1.82, 2.24) is 0 Å². The molecule has 1 rings (SSSR count). The highest BCUT2D eigenvalue weighted by Crippen LogP contribution is 2.19. The summed E-state index contributed by atoms with van der Waals surface area (Å²) < 4.78 is 22.9. The predicted molar refractivity (Wildman–Crippen MR) is 68.5 cm³/mol. The molecule has 20 heavy (non-hydrogen) atoms. The van der Waals surface area contributed by atoms with Crippen LogP contribution in [0.4, 0.5) is 4.39 Å². The molecular formula is C14H17FO5. The lowest BCUT2D eigenvalue weighted by Gasteiger charge is -2.14. The van der Waals surface area contributed by atoms with Crippen molar-refractivity contribution < 1.29 is 28.6 Å². The van der Waals surface area contributed by atoms with E-state index in [2.05, 4.69) is 0 Å². The average molecular weight is 284 g/mol. The minimum Gasteiger partial charge on any atom is -0.505 e. The number of rotatable bonds is 6. The van der Waals surface area contributed by atoms with Gasteiger partial charge in [-0.25, -0.2) is 4.39 Å². The normalized spacial score (nSPS) is 10.4. The maximum atomic E-state index is 13.2. The second-order valence-electron chi connectivity index (χ2n) is 4.05. The van der Waals surface area contributed by atoms with E-state index < -0.39 is 29.4 Å². The molecule has 0 aliphatic carbocycles. The summed E-state index contributed by atoms with van der Waals surface area (Å²) in [5.74, 6) is -3.86. The number of esters is 2. The van der Waals surface area contributed by atoms with Crippen LogP contribution in [-0.2, 0) is 25.5 Å². The van der Waals surface area contributed by atoms with Gasteiger partial charge >= 0.3 is 11.9 Å². The third kappa shape index (κ3) is 4.22. The smallest absolute Gasteiger partial charge is 0.320 e. The van der Waals surface area contributed by atoms with Crippen LogP contribution in [0.1, 0.15) is 19.4 Å². The van der Waals surface area contributed by atoms with Crippen molar-refractivity contribution in [2.24, 2.45) is 5.92 Å². The van der Waals surface area contributed by atoms with Gasteiger partial charge in [-0.3, -0.25) is 9.59 Å². The van der Waals surface area contributed by atoms with Gasteiger partial charge in [-0.15, -0.1) is 0 Å². The van der Waals surface area contributed by atoms with Crippen LogP contribution in [0.3, 0.4) is 0 Å². The Morgan fingerprint density at radius 1 is 1.20 bits per heavy atom. The van der Waals surface area contributed by atoms with Crippen LogP contribution in [0.15, 0.2) is 18.2 Å². The highest BCUT2D eigenvalue weighted by molar-refractivity contribution is 5.95. The SMILES string of the molecule is CCOC(=O)C(Cc1ccc(O)c(F)c1)C(=O)OCC. The molecule has 6 heteroatoms. The molecule has 0 amide bonds. The van der Waals surface area contributed by atoms with Crippen molar-refractivity contribution in [2.45, 2.75) is 20.3 Å². The van der Waals surface area contributed by atoms with E-state index in [9.17, 15) is 14.0 Å². The van der Waals surface area contributed by atoms with Gasteiger partial charge in [-0.2, -0.15) is 0 Å². The van der Waals surface area contributed by atoms with Crippen molar-refractivity contribution in [3.63, 3.8) is 0 Å². The van der Waals surface area contributed by atoms with Gasteiger partial charge in [0.2, 0.25) is 0 Å². The summed E-state index contributed by atoms with van der Waals surface area (Å²) in [5, 5.41) is 9.11. The van der Waals surface area contributed by atoms with Gasteiger partial charge in [0, 0.05) is 0 Å². The van der Waals surface area contributed by atoms with E-state index in [0.717, 1.165) is 12.1 Å². The largest absolute Gasteiger partial charge is 0.505 e. The van der Waals surface area contributed by atoms with E-state index in [0.29, 0.717) is 5.56 Å². The van der Waals surface area contributed by atoms with E-state index in [1.807, 2.05) is 0 Å². The Hall–Kier alpha value is -2.11. The molecule has 0 fully saturated rings. The number of phenols is 1. The van der Waals surface area contributed by atoms with E-state index in [4.69, 9.17) is 14.6 Å². The molecule has 0 radical (unpaired) electrons. The molecule has 0 saturated carbocycles. The molecule has 0 aliphatic rings. The van der Waals surface area contributed by atoms with E-state index in [1.165, 1.54) is 6.07 Å². The summed E-state index contributed by atoms with van der Waals surface area (Å²) >= 11 is 0. The molecule has 1 N–H and O–H groups in total. The molecule has 0 saturated heterocycles. The number of carbonyl (C=O) groups is 2. The zero-order valence-electron chi connectivity index (χ0n) is 11.4. The number of ether oxygens (including phenoxy) is 2. The predicted octanol–water partition coefficient (Wildman–Crippen LogP) is 1.82. The van der Waals surface area contributed by atoms with Gasteiger partial charge in [-0.1, -0.05) is 6.07 Å². The first-order valence-electron chi connectivity index (χ1n) is 6.30. The lowest BCUT2D eigenvalue weighted by molar-refractivity contribution is -0.161. The number of carbonyl (C=O) groups excluding carboxylic acids is 2. The lowest BCUT2D eigenvalue weighted by atomic mass is 9.99. The molecule has 1 aromatic rings. The standard InChI is InChI=1S/C14H17FO5/c1-3-19-13(17)10(14(18)20-4-2)7-9-5-6-12(16)11(15)8-9/h5-6,8,10,16H,3-4,7H2,1-2H3. The number of halogens is 1. The number of phenolic OH excluding ortho intramolecular Hbond substituents is 1. The van der Waals surface area contributed by atoms with Crippen LogP contribution in [-0.4, -0.2) is 30.3 Å². The molecule has 5 nitrogen and oxygen atoms in total. The minimum atomic E-state index is -1.14. The van der Waals surface area contributed by atoms with Crippen molar-refractivity contribution in [2.75, 3.05) is 13.2 Å². The summed E-state index contributed by atoms with van der Waals surface area (Å²) in [6.07, 6.45) is -0.0468. The fourth-order valence-corrected chi connectivity index (χ4v) is 1.66. The summed E-state index contributed by atoms with van der Waals surface area (Å²) in [4.78, 5) is 23.5. The fraction of sp³-hybridized carbons (Fsp3) is 0.429. The molecule has 0 bridgehead atoms. The Bertz CT molecular complexity index is 468. The number of hydrogen-bond donors (Lipinski definition) is 1. The zero-order valence-corrected chi connectivity index (χ0v) is 11.4. The van der Waals surface area contributed by atoms with Crippen LogP contribution in [0, 0.1) is 11.7 Å². The summed E-state index contributed by atoms with van der Waals surface area (Å²) in [6.45, 7) is 3.53. The zero-order chi connectivity index (χ0) is 15.1.